The summed E-state index contributed by atoms with van der Waals surface area (Å²) in [6.07, 6.45) is 14.3. The topological polar surface area (TPSA) is 52.2 Å². The predicted octanol–water partition coefficient (Wildman–Crippen LogP) is 5.11. The summed E-state index contributed by atoms with van der Waals surface area (Å²) in [4.78, 5) is 3.23. The number of para-hydroxylation sites is 1. The van der Waals surface area contributed by atoms with E-state index in [2.05, 4.69) is 39.9 Å². The number of aromatic amines is 1. The molecular formula is C20H30N4S. The number of nitrogens with one attached hydrogen (secondary N) is 3. The first kappa shape index (κ1) is 19.4. The van der Waals surface area contributed by atoms with Gasteiger partial charge in [-0.25, -0.2) is 0 Å². The highest BCUT2D eigenvalue weighted by Crippen LogP contribution is 2.15. The van der Waals surface area contributed by atoms with Crippen molar-refractivity contribution in [2.45, 2.75) is 58.3 Å². The lowest BCUT2D eigenvalue weighted by molar-refractivity contribution is 0.572. The molecule has 0 saturated carbocycles. The van der Waals surface area contributed by atoms with E-state index in [1.165, 1.54) is 44.9 Å². The lowest BCUT2D eigenvalue weighted by atomic mass is 10.1. The molecule has 2 rings (SSSR count). The van der Waals surface area contributed by atoms with Crippen LogP contribution >= 0.6 is 12.2 Å². The van der Waals surface area contributed by atoms with Gasteiger partial charge in [0.05, 0.1) is 6.21 Å². The normalized spacial score (nSPS) is 11.2. The van der Waals surface area contributed by atoms with Crippen molar-refractivity contribution in [1.29, 1.82) is 0 Å². The van der Waals surface area contributed by atoms with E-state index in [0.29, 0.717) is 5.11 Å². The van der Waals surface area contributed by atoms with Gasteiger partial charge in [-0.2, -0.15) is 5.10 Å². The first-order chi connectivity index (χ1) is 12.3. The summed E-state index contributed by atoms with van der Waals surface area (Å²) >= 11 is 5.25. The summed E-state index contributed by atoms with van der Waals surface area (Å²) in [5, 5.41) is 9.17. The molecule has 0 saturated heterocycles. The van der Waals surface area contributed by atoms with Gasteiger partial charge in [-0.15, -0.1) is 0 Å². The van der Waals surface area contributed by atoms with E-state index in [9.17, 15) is 0 Å². The molecule has 25 heavy (non-hydrogen) atoms. The van der Waals surface area contributed by atoms with Crippen LogP contribution in [0.2, 0.25) is 0 Å². The molecule has 1 aromatic carbocycles. The van der Waals surface area contributed by atoms with E-state index in [0.717, 1.165) is 29.4 Å². The molecule has 0 unspecified atom stereocenters. The maximum Gasteiger partial charge on any atom is 0.186 e. The van der Waals surface area contributed by atoms with Crippen LogP contribution in [0.15, 0.2) is 35.6 Å². The molecule has 0 aliphatic heterocycles. The molecule has 4 nitrogen and oxygen atoms in total. The molecule has 3 N–H and O–H groups in total. The Hall–Kier alpha value is -1.88. The number of hydrazone groups is 1. The smallest absolute Gasteiger partial charge is 0.186 e. The summed E-state index contributed by atoms with van der Waals surface area (Å²) in [6.45, 7) is 3.16. The van der Waals surface area contributed by atoms with Crippen LogP contribution in [-0.4, -0.2) is 22.9 Å². The second-order valence-corrected chi connectivity index (χ2v) is 6.80. The second-order valence-electron chi connectivity index (χ2n) is 6.39. The Bertz CT molecular complexity index is 663. The SMILES string of the molecule is CCCCCCCCCCNC(=S)N/N=C/c1c[nH]c2ccccc12. The lowest BCUT2D eigenvalue weighted by Crippen LogP contribution is -2.32. The number of H-pyrrole nitrogens is 1. The van der Waals surface area contributed by atoms with Gasteiger partial charge < -0.3 is 10.3 Å². The number of hydrogen-bond acceptors (Lipinski definition) is 2. The molecule has 0 atom stereocenters. The third-order valence-corrected chi connectivity index (χ3v) is 4.54. The average Bonchev–Trinajstić information content (AvgIpc) is 3.04. The van der Waals surface area contributed by atoms with Crippen molar-refractivity contribution in [2.24, 2.45) is 5.10 Å². The molecule has 2 aromatic rings. The molecule has 1 aromatic heterocycles. The number of unbranched alkanes of at least 4 members (excludes halogenated alkanes) is 7. The number of nitrogens with zero attached hydrogens (tertiary/aromatic N) is 1. The Morgan fingerprint density at radius 2 is 1.80 bits per heavy atom. The zero-order valence-electron chi connectivity index (χ0n) is 15.2. The van der Waals surface area contributed by atoms with Crippen molar-refractivity contribution in [3.8, 4) is 0 Å². The minimum atomic E-state index is 0.582. The van der Waals surface area contributed by atoms with Crippen molar-refractivity contribution < 1.29 is 0 Å². The fourth-order valence-corrected chi connectivity index (χ4v) is 3.02. The fourth-order valence-electron chi connectivity index (χ4n) is 2.86. The van der Waals surface area contributed by atoms with Gasteiger partial charge in [0.25, 0.3) is 0 Å². The van der Waals surface area contributed by atoms with E-state index in [1.54, 1.807) is 6.21 Å². The van der Waals surface area contributed by atoms with Crippen molar-refractivity contribution in [1.82, 2.24) is 15.7 Å². The number of hydrogen-bond donors (Lipinski definition) is 3. The zero-order valence-corrected chi connectivity index (χ0v) is 16.0. The maximum atomic E-state index is 5.25. The van der Waals surface area contributed by atoms with Crippen LogP contribution in [0.25, 0.3) is 10.9 Å². The highest BCUT2D eigenvalue weighted by Gasteiger charge is 1.99. The summed E-state index contributed by atoms with van der Waals surface area (Å²) in [6, 6.07) is 8.17. The Kier molecular flexibility index (Phi) is 9.05. The predicted molar refractivity (Wildman–Crippen MR) is 112 cm³/mol. The maximum absolute atomic E-state index is 5.25. The minimum Gasteiger partial charge on any atom is -0.361 e. The van der Waals surface area contributed by atoms with Gasteiger partial charge in [0, 0.05) is 29.2 Å². The number of benzene rings is 1. The van der Waals surface area contributed by atoms with Crippen LogP contribution in [0.5, 0.6) is 0 Å². The summed E-state index contributed by atoms with van der Waals surface area (Å²) in [5.41, 5.74) is 5.05. The molecule has 5 heteroatoms. The van der Waals surface area contributed by atoms with Gasteiger partial charge in [-0.3, -0.25) is 5.43 Å². The number of aromatic nitrogens is 1. The first-order valence-corrected chi connectivity index (χ1v) is 9.85. The fraction of sp³-hybridized carbons (Fsp3) is 0.500. The van der Waals surface area contributed by atoms with Crippen LogP contribution in [0.3, 0.4) is 0 Å². The highest BCUT2D eigenvalue weighted by molar-refractivity contribution is 7.80. The molecule has 0 spiro atoms. The molecule has 1 heterocycles. The molecule has 0 aliphatic carbocycles. The molecule has 0 aliphatic rings. The van der Waals surface area contributed by atoms with Crippen molar-refractivity contribution in [3.05, 3.63) is 36.0 Å². The van der Waals surface area contributed by atoms with Crippen LogP contribution in [0, 0.1) is 0 Å². The van der Waals surface area contributed by atoms with Gasteiger partial charge in [-0.05, 0) is 24.7 Å². The molecule has 136 valence electrons. The van der Waals surface area contributed by atoms with E-state index < -0.39 is 0 Å². The van der Waals surface area contributed by atoms with Gasteiger partial charge in [0.2, 0.25) is 0 Å². The number of rotatable bonds is 11. The van der Waals surface area contributed by atoms with E-state index in [-0.39, 0.29) is 0 Å². The van der Waals surface area contributed by atoms with E-state index in [4.69, 9.17) is 12.2 Å². The van der Waals surface area contributed by atoms with Crippen LogP contribution in [-0.2, 0) is 0 Å². The number of thiocarbonyl (C=S) groups is 1. The van der Waals surface area contributed by atoms with Crippen LogP contribution in [0.4, 0.5) is 0 Å². The van der Waals surface area contributed by atoms with Crippen molar-refractivity contribution >= 4 is 34.4 Å². The summed E-state index contributed by atoms with van der Waals surface area (Å²) in [5.74, 6) is 0. The zero-order chi connectivity index (χ0) is 17.7. The third kappa shape index (κ3) is 7.26. The van der Waals surface area contributed by atoms with Gasteiger partial charge >= 0.3 is 0 Å². The molecule has 0 amide bonds. The van der Waals surface area contributed by atoms with E-state index in [1.807, 2.05) is 18.3 Å². The van der Waals surface area contributed by atoms with Crippen LogP contribution in [0.1, 0.15) is 63.9 Å². The Labute approximate surface area is 156 Å². The summed E-state index contributed by atoms with van der Waals surface area (Å²) in [7, 11) is 0. The lowest BCUT2D eigenvalue weighted by Gasteiger charge is -2.06. The molecule has 0 bridgehead atoms. The van der Waals surface area contributed by atoms with Crippen molar-refractivity contribution in [3.63, 3.8) is 0 Å². The first-order valence-electron chi connectivity index (χ1n) is 9.44. The van der Waals surface area contributed by atoms with Crippen molar-refractivity contribution in [2.75, 3.05) is 6.54 Å². The monoisotopic (exact) mass is 358 g/mol. The molecule has 0 radical (unpaired) electrons. The van der Waals surface area contributed by atoms with Crippen LogP contribution < -0.4 is 10.7 Å². The second kappa shape index (κ2) is 11.6. The molecular weight excluding hydrogens is 328 g/mol. The standard InChI is InChI=1S/C20H30N4S/c1-2-3-4-5-6-7-8-11-14-21-20(25)24-23-16-17-15-22-19-13-10-9-12-18(17)19/h9-10,12-13,15-16,22H,2-8,11,14H2,1H3,(H2,21,24,25)/b23-16+. The Morgan fingerprint density at radius 3 is 2.60 bits per heavy atom. The van der Waals surface area contributed by atoms with Gasteiger partial charge in [0.1, 0.15) is 0 Å². The quantitative estimate of drug-likeness (QED) is 0.226. The van der Waals surface area contributed by atoms with Gasteiger partial charge in [-0.1, -0.05) is 70.1 Å². The Balaban J connectivity index is 1.55. The highest BCUT2D eigenvalue weighted by atomic mass is 32.1. The largest absolute Gasteiger partial charge is 0.361 e. The number of fused-ring (bicyclic) bond motifs is 1. The third-order valence-electron chi connectivity index (χ3n) is 4.31. The van der Waals surface area contributed by atoms with E-state index >= 15 is 0 Å². The Morgan fingerprint density at radius 1 is 1.08 bits per heavy atom. The molecule has 0 fully saturated rings. The average molecular weight is 359 g/mol. The minimum absolute atomic E-state index is 0.582. The summed E-state index contributed by atoms with van der Waals surface area (Å²) < 4.78 is 0. The van der Waals surface area contributed by atoms with Gasteiger partial charge in [0.15, 0.2) is 5.11 Å².